The predicted molar refractivity (Wildman–Crippen MR) is 81.9 cm³/mol. The molecule has 4 atom stereocenters. The van der Waals surface area contributed by atoms with E-state index in [1.807, 2.05) is 12.1 Å². The lowest BCUT2D eigenvalue weighted by molar-refractivity contribution is -0.122. The van der Waals surface area contributed by atoms with Crippen LogP contribution in [0.2, 0.25) is 0 Å². The summed E-state index contributed by atoms with van der Waals surface area (Å²) in [6.07, 6.45) is 5.35. The van der Waals surface area contributed by atoms with Gasteiger partial charge in [0.2, 0.25) is 0 Å². The van der Waals surface area contributed by atoms with E-state index in [0.29, 0.717) is 5.92 Å². The van der Waals surface area contributed by atoms with Crippen molar-refractivity contribution in [2.45, 2.75) is 12.3 Å². The predicted octanol–water partition coefficient (Wildman–Crippen LogP) is 2.15. The van der Waals surface area contributed by atoms with Crippen LogP contribution in [-0.2, 0) is 4.79 Å². The summed E-state index contributed by atoms with van der Waals surface area (Å²) in [4.78, 5) is 16.1. The normalized spacial score (nSPS) is 30.4. The lowest BCUT2D eigenvalue weighted by Crippen LogP contribution is -2.30. The second-order valence-corrected chi connectivity index (χ2v) is 6.35. The Morgan fingerprint density at radius 2 is 2.00 bits per heavy atom. The van der Waals surface area contributed by atoms with E-state index in [4.69, 9.17) is 11.5 Å². The molecule has 2 aliphatic carbocycles. The lowest BCUT2D eigenvalue weighted by Gasteiger charge is -2.26. The average molecular weight is 334 g/mol. The third kappa shape index (κ3) is 2.26. The summed E-state index contributed by atoms with van der Waals surface area (Å²) in [5, 5.41) is 0. The van der Waals surface area contributed by atoms with Gasteiger partial charge in [-0.1, -0.05) is 40.2 Å². The van der Waals surface area contributed by atoms with Crippen LogP contribution in [0, 0.1) is 17.8 Å². The van der Waals surface area contributed by atoms with Crippen LogP contribution in [0.5, 0.6) is 0 Å². The van der Waals surface area contributed by atoms with Crippen LogP contribution in [0.4, 0.5) is 0 Å². The van der Waals surface area contributed by atoms with E-state index in [0.717, 1.165) is 10.9 Å². The highest BCUT2D eigenvalue weighted by Crippen LogP contribution is 2.53. The number of hydrogen-bond donors (Lipinski definition) is 2. The fourth-order valence-electron chi connectivity index (χ4n) is 3.53. The van der Waals surface area contributed by atoms with Crippen molar-refractivity contribution in [1.29, 1.82) is 0 Å². The molecule has 4 nitrogen and oxygen atoms in total. The molecule has 1 saturated carbocycles. The van der Waals surface area contributed by atoms with Gasteiger partial charge in [0.1, 0.15) is 0 Å². The second-order valence-electron chi connectivity index (χ2n) is 5.43. The first-order chi connectivity index (χ1) is 9.56. The zero-order valence-corrected chi connectivity index (χ0v) is 12.5. The molecule has 1 fully saturated rings. The van der Waals surface area contributed by atoms with Crippen LogP contribution < -0.4 is 11.5 Å². The fourth-order valence-corrected chi connectivity index (χ4v) is 3.95. The van der Waals surface area contributed by atoms with Crippen molar-refractivity contribution in [3.63, 3.8) is 0 Å². The minimum absolute atomic E-state index is 0.151. The first-order valence-electron chi connectivity index (χ1n) is 6.63. The van der Waals surface area contributed by atoms with E-state index in [9.17, 15) is 4.79 Å². The molecule has 20 heavy (non-hydrogen) atoms. The molecule has 0 spiro atoms. The van der Waals surface area contributed by atoms with Crippen molar-refractivity contribution >= 4 is 27.8 Å². The molecule has 0 aromatic heterocycles. The number of amides is 1. The Bertz CT molecular complexity index is 607. The molecule has 2 unspecified atom stereocenters. The second kappa shape index (κ2) is 5.05. The maximum absolute atomic E-state index is 12.3. The van der Waals surface area contributed by atoms with Gasteiger partial charge in [-0.05, 0) is 36.0 Å². The number of benzene rings is 1. The first kappa shape index (κ1) is 13.4. The van der Waals surface area contributed by atoms with E-state index in [1.54, 1.807) is 0 Å². The summed E-state index contributed by atoms with van der Waals surface area (Å²) >= 11 is 3.49. The van der Waals surface area contributed by atoms with Crippen molar-refractivity contribution in [2.75, 3.05) is 0 Å². The summed E-state index contributed by atoms with van der Waals surface area (Å²) in [5.74, 6) is 0.304. The Morgan fingerprint density at radius 3 is 2.70 bits per heavy atom. The molecular formula is C15H16BrN3O. The van der Waals surface area contributed by atoms with E-state index >= 15 is 0 Å². The van der Waals surface area contributed by atoms with Crippen LogP contribution in [-0.4, -0.2) is 11.9 Å². The van der Waals surface area contributed by atoms with E-state index in [-0.39, 0.29) is 29.6 Å². The molecular weight excluding hydrogens is 318 g/mol. The summed E-state index contributed by atoms with van der Waals surface area (Å²) < 4.78 is 1.02. The molecule has 1 aromatic carbocycles. The molecule has 4 N–H and O–H groups in total. The third-order valence-electron chi connectivity index (χ3n) is 4.22. The molecule has 3 rings (SSSR count). The number of aliphatic imine (C=N–C) groups is 1. The van der Waals surface area contributed by atoms with E-state index in [1.165, 1.54) is 5.56 Å². The number of nitrogens with zero attached hydrogens (tertiary/aromatic N) is 1. The number of carbonyl (C=O) groups excluding carboxylic acids is 1. The third-order valence-corrected chi connectivity index (χ3v) is 4.71. The van der Waals surface area contributed by atoms with Crippen LogP contribution in [0.3, 0.4) is 0 Å². The van der Waals surface area contributed by atoms with Gasteiger partial charge in [-0.3, -0.25) is 4.79 Å². The maximum atomic E-state index is 12.3. The summed E-state index contributed by atoms with van der Waals surface area (Å²) in [7, 11) is 0. The molecule has 2 bridgehead atoms. The van der Waals surface area contributed by atoms with Gasteiger partial charge in [0.25, 0.3) is 5.91 Å². The van der Waals surface area contributed by atoms with Crippen molar-refractivity contribution in [2.24, 2.45) is 34.2 Å². The Labute approximate surface area is 126 Å². The fraction of sp³-hybridized carbons (Fsp3) is 0.333. The highest BCUT2D eigenvalue weighted by molar-refractivity contribution is 9.10. The highest BCUT2D eigenvalue weighted by atomic mass is 79.9. The number of halogens is 1. The van der Waals surface area contributed by atoms with Gasteiger partial charge in [-0.25, -0.2) is 0 Å². The van der Waals surface area contributed by atoms with Gasteiger partial charge in [0.05, 0.1) is 5.92 Å². The van der Waals surface area contributed by atoms with Crippen molar-refractivity contribution in [3.05, 3.63) is 46.5 Å². The molecule has 5 heteroatoms. The van der Waals surface area contributed by atoms with Crippen LogP contribution in [0.1, 0.15) is 17.9 Å². The molecule has 0 heterocycles. The topological polar surface area (TPSA) is 81.5 Å². The minimum Gasteiger partial charge on any atom is -0.370 e. The minimum atomic E-state index is -0.202. The summed E-state index contributed by atoms with van der Waals surface area (Å²) in [6.45, 7) is 0. The van der Waals surface area contributed by atoms with Crippen molar-refractivity contribution < 1.29 is 4.79 Å². The summed E-state index contributed by atoms with van der Waals surface area (Å²) in [5.41, 5.74) is 11.9. The smallest absolute Gasteiger partial charge is 0.253 e. The Balaban J connectivity index is 1.98. The molecule has 1 aromatic rings. The number of hydrogen-bond acceptors (Lipinski definition) is 1. The molecule has 0 aliphatic heterocycles. The maximum Gasteiger partial charge on any atom is 0.253 e. The average Bonchev–Trinajstić information content (AvgIpc) is 2.97. The van der Waals surface area contributed by atoms with Gasteiger partial charge >= 0.3 is 0 Å². The molecule has 2 aliphatic rings. The van der Waals surface area contributed by atoms with Gasteiger partial charge in [-0.2, -0.15) is 4.99 Å². The van der Waals surface area contributed by atoms with Crippen LogP contribution in [0.15, 0.2) is 45.9 Å². The molecule has 0 saturated heterocycles. The van der Waals surface area contributed by atoms with Crippen molar-refractivity contribution in [1.82, 2.24) is 0 Å². The molecule has 0 radical (unpaired) electrons. The quantitative estimate of drug-likeness (QED) is 0.494. The van der Waals surface area contributed by atoms with Gasteiger partial charge in [0.15, 0.2) is 5.96 Å². The Hall–Kier alpha value is -1.62. The number of fused-ring (bicyclic) bond motifs is 2. The van der Waals surface area contributed by atoms with Crippen LogP contribution >= 0.6 is 15.9 Å². The number of nitrogens with two attached hydrogens (primary N) is 2. The number of carbonyl (C=O) groups is 1. The molecule has 104 valence electrons. The van der Waals surface area contributed by atoms with E-state index < -0.39 is 0 Å². The monoisotopic (exact) mass is 333 g/mol. The Kier molecular flexibility index (Phi) is 3.38. The standard InChI is InChI=1S/C15H16BrN3O/c16-11-3-1-2-8(7-11)12-9-4-5-10(6-9)13(12)14(20)19-15(17)18/h1-5,7,9-10,12-13H,6H2,(H4,17,18,19,20)/t9?,10?,12-,13-/m1/s1. The zero-order valence-electron chi connectivity index (χ0n) is 10.9. The highest BCUT2D eigenvalue weighted by Gasteiger charge is 2.48. The van der Waals surface area contributed by atoms with Gasteiger partial charge < -0.3 is 11.5 Å². The van der Waals surface area contributed by atoms with Gasteiger partial charge in [-0.15, -0.1) is 0 Å². The Morgan fingerprint density at radius 1 is 1.25 bits per heavy atom. The van der Waals surface area contributed by atoms with Crippen LogP contribution in [0.25, 0.3) is 0 Å². The van der Waals surface area contributed by atoms with E-state index in [2.05, 4.69) is 45.2 Å². The molecule has 1 amide bonds. The van der Waals surface area contributed by atoms with Crippen molar-refractivity contribution in [3.8, 4) is 0 Å². The first-order valence-corrected chi connectivity index (χ1v) is 7.43. The summed E-state index contributed by atoms with van der Waals surface area (Å²) in [6, 6.07) is 8.13. The number of guanidine groups is 1. The number of allylic oxidation sites excluding steroid dienone is 2. The number of rotatable bonds is 2. The van der Waals surface area contributed by atoms with Gasteiger partial charge in [0, 0.05) is 10.4 Å². The zero-order chi connectivity index (χ0) is 14.3. The largest absolute Gasteiger partial charge is 0.370 e. The lowest BCUT2D eigenvalue weighted by atomic mass is 9.78. The SMILES string of the molecule is NC(N)=NC(=O)[C@@H]1C2C=CC(C2)[C@H]1c1cccc(Br)c1.